The third-order valence-electron chi connectivity index (χ3n) is 14.0. The molecule has 0 radical (unpaired) electrons. The molecule has 1 aliphatic rings. The van der Waals surface area contributed by atoms with Gasteiger partial charge in [-0.1, -0.05) is 240 Å². The van der Waals surface area contributed by atoms with E-state index in [4.69, 9.17) is 14.2 Å². The lowest BCUT2D eigenvalue weighted by Crippen LogP contribution is -2.61. The second-order valence-corrected chi connectivity index (χ2v) is 21.1. The van der Waals surface area contributed by atoms with Crippen molar-refractivity contribution >= 4 is 11.9 Å². The number of nitrogens with one attached hydrogen (secondary N) is 1. The molecular formula is C66H113NO10. The van der Waals surface area contributed by atoms with Gasteiger partial charge in [0, 0.05) is 6.42 Å². The summed E-state index contributed by atoms with van der Waals surface area (Å²) >= 11 is 0. The zero-order valence-corrected chi connectivity index (χ0v) is 48.8. The second-order valence-electron chi connectivity index (χ2n) is 21.1. The fourth-order valence-corrected chi connectivity index (χ4v) is 9.08. The molecule has 0 spiro atoms. The van der Waals surface area contributed by atoms with Crippen LogP contribution in [0, 0.1) is 0 Å². The number of unbranched alkanes of at least 4 members (excludes halogenated alkanes) is 24. The molecule has 8 unspecified atom stereocenters. The van der Waals surface area contributed by atoms with E-state index < -0.39 is 67.4 Å². The van der Waals surface area contributed by atoms with Crippen LogP contribution in [-0.2, 0) is 23.8 Å². The Hall–Kier alpha value is -3.42. The summed E-state index contributed by atoms with van der Waals surface area (Å²) in [5.41, 5.74) is 0. The van der Waals surface area contributed by atoms with E-state index in [2.05, 4.69) is 111 Å². The molecule has 11 heteroatoms. The van der Waals surface area contributed by atoms with Crippen LogP contribution in [0.4, 0.5) is 0 Å². The number of ether oxygens (including phenoxy) is 3. The van der Waals surface area contributed by atoms with Gasteiger partial charge in [0.05, 0.1) is 25.4 Å². The Kier molecular flexibility index (Phi) is 49.5. The maximum atomic E-state index is 13.4. The van der Waals surface area contributed by atoms with Crippen molar-refractivity contribution in [2.75, 3.05) is 13.2 Å². The summed E-state index contributed by atoms with van der Waals surface area (Å²) < 4.78 is 17.6. The van der Waals surface area contributed by atoms with Gasteiger partial charge in [0.1, 0.15) is 24.4 Å². The molecule has 442 valence electrons. The maximum absolute atomic E-state index is 13.4. The van der Waals surface area contributed by atoms with Crippen molar-refractivity contribution in [1.29, 1.82) is 0 Å². The molecule has 8 atom stereocenters. The van der Waals surface area contributed by atoms with Crippen LogP contribution in [0.5, 0.6) is 0 Å². The van der Waals surface area contributed by atoms with E-state index in [0.717, 1.165) is 141 Å². The summed E-state index contributed by atoms with van der Waals surface area (Å²) in [6.07, 6.45) is 60.1. The van der Waals surface area contributed by atoms with Crippen LogP contribution in [0.15, 0.2) is 97.2 Å². The monoisotopic (exact) mass is 1080 g/mol. The third kappa shape index (κ3) is 41.3. The molecule has 1 rings (SSSR count). The number of carbonyl (C=O) groups is 2. The normalized spacial score (nSPS) is 19.7. The molecule has 6 N–H and O–H groups in total. The molecule has 0 aliphatic carbocycles. The van der Waals surface area contributed by atoms with Crippen LogP contribution in [0.1, 0.15) is 245 Å². The van der Waals surface area contributed by atoms with Gasteiger partial charge in [-0.25, -0.2) is 0 Å². The molecule has 0 saturated carbocycles. The first-order valence-electron chi connectivity index (χ1n) is 31.0. The van der Waals surface area contributed by atoms with Gasteiger partial charge in [0.25, 0.3) is 0 Å². The second kappa shape index (κ2) is 53.2. The van der Waals surface area contributed by atoms with Crippen LogP contribution < -0.4 is 5.32 Å². The van der Waals surface area contributed by atoms with Gasteiger partial charge >= 0.3 is 5.97 Å². The minimum Gasteiger partial charge on any atom is -0.454 e. The lowest BCUT2D eigenvalue weighted by atomic mass is 9.99. The van der Waals surface area contributed by atoms with E-state index in [1.807, 2.05) is 6.08 Å². The first-order chi connectivity index (χ1) is 37.7. The highest BCUT2D eigenvalue weighted by Gasteiger charge is 2.47. The molecule has 1 fully saturated rings. The van der Waals surface area contributed by atoms with Gasteiger partial charge in [0.15, 0.2) is 12.4 Å². The average Bonchev–Trinajstić information content (AvgIpc) is 3.43. The number of carbonyl (C=O) groups excluding carboxylic acids is 2. The molecule has 1 amide bonds. The maximum Gasteiger partial charge on any atom is 0.306 e. The average molecular weight is 1080 g/mol. The SMILES string of the molecule is CC/C=C\C/C=C\C/C=C\C/C=C\C/C=C\CCCCCCCCC(O)C(=O)NC(COC1OC(CO)C(O)C(O)C1OC(=O)CCCCCCCC/C=C/C=C/CCCCC)C(O)/C=C/CCCCCCCCCCC. The summed E-state index contributed by atoms with van der Waals surface area (Å²) in [6.45, 7) is 5.61. The van der Waals surface area contributed by atoms with Crippen LogP contribution in [0.3, 0.4) is 0 Å². The number of hydrogen-bond acceptors (Lipinski definition) is 10. The van der Waals surface area contributed by atoms with Gasteiger partial charge in [-0.15, -0.1) is 0 Å². The summed E-state index contributed by atoms with van der Waals surface area (Å²) in [7, 11) is 0. The number of hydrogen-bond donors (Lipinski definition) is 6. The Bertz CT molecular complexity index is 1620. The van der Waals surface area contributed by atoms with Crippen LogP contribution >= 0.6 is 0 Å². The number of allylic oxidation sites excluding steroid dienone is 15. The molecular weight excluding hydrogens is 967 g/mol. The molecule has 77 heavy (non-hydrogen) atoms. The van der Waals surface area contributed by atoms with Crippen LogP contribution in [0.2, 0.25) is 0 Å². The Labute approximate surface area is 469 Å². The highest BCUT2D eigenvalue weighted by Crippen LogP contribution is 2.26. The number of rotatable bonds is 51. The van der Waals surface area contributed by atoms with Gasteiger partial charge in [-0.05, 0) is 96.3 Å². The molecule has 1 saturated heterocycles. The van der Waals surface area contributed by atoms with Crippen molar-refractivity contribution in [3.63, 3.8) is 0 Å². The van der Waals surface area contributed by atoms with Crippen molar-refractivity contribution in [3.05, 3.63) is 97.2 Å². The first kappa shape index (κ1) is 71.6. The zero-order valence-electron chi connectivity index (χ0n) is 48.8. The lowest BCUT2D eigenvalue weighted by molar-refractivity contribution is -0.305. The zero-order chi connectivity index (χ0) is 56.1. The number of esters is 1. The van der Waals surface area contributed by atoms with E-state index in [1.54, 1.807) is 6.08 Å². The van der Waals surface area contributed by atoms with Crippen molar-refractivity contribution in [2.45, 2.75) is 294 Å². The highest BCUT2D eigenvalue weighted by atomic mass is 16.7. The van der Waals surface area contributed by atoms with E-state index in [1.165, 1.54) is 57.8 Å². The molecule has 0 bridgehead atoms. The van der Waals surface area contributed by atoms with Gasteiger partial charge in [-0.2, -0.15) is 0 Å². The summed E-state index contributed by atoms with van der Waals surface area (Å²) in [4.78, 5) is 26.5. The fourth-order valence-electron chi connectivity index (χ4n) is 9.08. The number of amides is 1. The van der Waals surface area contributed by atoms with Gasteiger partial charge in [-0.3, -0.25) is 9.59 Å². The topological polar surface area (TPSA) is 175 Å². The highest BCUT2D eigenvalue weighted by molar-refractivity contribution is 5.80. The van der Waals surface area contributed by atoms with E-state index in [-0.39, 0.29) is 19.4 Å². The largest absolute Gasteiger partial charge is 0.454 e. The van der Waals surface area contributed by atoms with E-state index in [0.29, 0.717) is 12.8 Å². The minimum absolute atomic E-state index is 0.105. The van der Waals surface area contributed by atoms with Crippen molar-refractivity contribution in [2.24, 2.45) is 0 Å². The standard InChI is InChI=1S/C66H113NO10/c1-4-7-10-13-16-19-22-24-26-27-28-29-30-31-32-34-35-38-41-44-47-50-53-59(70)65(74)67-57(58(69)52-49-46-43-40-37-21-18-15-12-9-6-3)56-75-66-64(63(73)62(72)60(55-68)76-66)77-61(71)54-51-48-45-42-39-36-33-25-23-20-17-14-11-8-5-2/h7,10,16-17,19-20,23-26,28-29,31-32,49,52,57-60,62-64,66,68-70,72-73H,4-6,8-9,11-15,18,21-22,27,30,33-48,50-51,53-56H2,1-3H3,(H,67,74)/b10-7-,19-16-,20-17+,25-23+,26-24-,29-28-,32-31-,52-49+. The van der Waals surface area contributed by atoms with Crippen molar-refractivity contribution in [3.8, 4) is 0 Å². The molecule has 1 aliphatic heterocycles. The van der Waals surface area contributed by atoms with Gasteiger partial charge in [0.2, 0.25) is 5.91 Å². The van der Waals surface area contributed by atoms with Gasteiger partial charge < -0.3 is 45.1 Å². The van der Waals surface area contributed by atoms with E-state index in [9.17, 15) is 35.1 Å². The summed E-state index contributed by atoms with van der Waals surface area (Å²) in [6, 6.07) is -1.04. The Morgan fingerprint density at radius 3 is 1.51 bits per heavy atom. The Morgan fingerprint density at radius 1 is 0.532 bits per heavy atom. The van der Waals surface area contributed by atoms with Crippen LogP contribution in [0.25, 0.3) is 0 Å². The van der Waals surface area contributed by atoms with E-state index >= 15 is 0 Å². The number of aliphatic hydroxyl groups excluding tert-OH is 5. The Morgan fingerprint density at radius 2 is 0.974 bits per heavy atom. The quantitative estimate of drug-likeness (QED) is 0.0149. The summed E-state index contributed by atoms with van der Waals surface area (Å²) in [5.74, 6) is -1.22. The molecule has 0 aromatic heterocycles. The van der Waals surface area contributed by atoms with Crippen molar-refractivity contribution < 1.29 is 49.3 Å². The number of aliphatic hydroxyl groups is 5. The van der Waals surface area contributed by atoms with Crippen LogP contribution in [-0.4, -0.2) is 99.6 Å². The predicted octanol–water partition coefficient (Wildman–Crippen LogP) is 14.7. The molecule has 11 nitrogen and oxygen atoms in total. The molecule has 0 aromatic carbocycles. The minimum atomic E-state index is -1.62. The Balaban J connectivity index is 2.67. The molecule has 1 heterocycles. The molecule has 0 aromatic rings. The summed E-state index contributed by atoms with van der Waals surface area (Å²) in [5, 5.41) is 56.9. The predicted molar refractivity (Wildman–Crippen MR) is 319 cm³/mol. The lowest BCUT2D eigenvalue weighted by Gasteiger charge is -2.41. The first-order valence-corrected chi connectivity index (χ1v) is 31.0. The smallest absolute Gasteiger partial charge is 0.306 e. The van der Waals surface area contributed by atoms with Crippen molar-refractivity contribution in [1.82, 2.24) is 5.32 Å². The fraction of sp³-hybridized carbons (Fsp3) is 0.727. The third-order valence-corrected chi connectivity index (χ3v) is 14.0.